The lowest BCUT2D eigenvalue weighted by atomic mass is 10.1. The first kappa shape index (κ1) is 76.4. The third kappa shape index (κ3) is 17.4. The zero-order valence-corrected chi connectivity index (χ0v) is 60.0. The van der Waals surface area contributed by atoms with Crippen LogP contribution in [0.5, 0.6) is 28.7 Å². The van der Waals surface area contributed by atoms with Gasteiger partial charge in [0, 0.05) is 106 Å². The minimum Gasteiger partial charge on any atom is -0.505 e. The van der Waals surface area contributed by atoms with Gasteiger partial charge in [-0.2, -0.15) is 12.9 Å². The Labute approximate surface area is 540 Å². The molecule has 2 aliphatic rings. The molecule has 1 aromatic carbocycles. The van der Waals surface area contributed by atoms with Crippen LogP contribution in [0.3, 0.4) is 0 Å². The van der Waals surface area contributed by atoms with Gasteiger partial charge in [0.15, 0.2) is 23.4 Å². The number of aryl methyl sites for hydroxylation is 2. The zero-order chi connectivity index (χ0) is 67.6. The molecule has 0 unspecified atom stereocenters. The van der Waals surface area contributed by atoms with E-state index in [9.17, 15) is 69.1 Å². The van der Waals surface area contributed by atoms with Crippen LogP contribution in [0.4, 0.5) is 0 Å². The number of aliphatic hydroxyl groups is 1. The molecule has 0 radical (unpaired) electrons. The normalized spacial score (nSPS) is 14.9. The number of thiophene rings is 3. The molecule has 89 heavy (non-hydrogen) atoms. The third-order valence-electron chi connectivity index (χ3n) is 15.3. The molecule has 28 heteroatoms. The van der Waals surface area contributed by atoms with Gasteiger partial charge in [0.2, 0.25) is 9.84 Å². The summed E-state index contributed by atoms with van der Waals surface area (Å²) in [5, 5.41) is 64.7. The summed E-state index contributed by atoms with van der Waals surface area (Å²) in [4.78, 5) is 14.1. The molecule has 0 spiro atoms. The minimum atomic E-state index is -3.70. The molecule has 21 nitrogen and oxygen atoms in total. The standard InChI is InChI=1S/C13H22N2O2.C13H14O3S2.C12H22N2O3S.C12H19NO4S2.C11H17NO3S2/c1-6-15(7-2)13(17)11-12(16)10(9(3)4)8-14(11)5;1-9(2)11-8-17-13(12(11)14)18(15,16)10-6-4-3-5-7-10;1-6-14(7-2)18(16,17)12-11(15)10(9(3)4)8-13(12)5;1-8(2)10-7-18-12(11(10)15)19(16,17)13-5-3-4-9(13)6-14;1-7(2)9-6-16-11(10(9)13)17(14,15)12(3)8-4-5-8/h8-9,16H,6-7H2,1-5H3;3-9,14H,1-2H3;8-9,15H,6-7H2,1-5H3;7-9,14-15H,3-6H2,1-2H3;6-8,13H,4-5H2,1-3H3/t;;;9-;/m...1./s1. The summed E-state index contributed by atoms with van der Waals surface area (Å²) in [6.07, 6.45) is 6.75. The lowest BCUT2D eigenvalue weighted by molar-refractivity contribution is 0.0760. The van der Waals surface area contributed by atoms with Crippen LogP contribution in [0.2, 0.25) is 0 Å². The number of aromatic nitrogens is 2. The first-order chi connectivity index (χ1) is 41.4. The van der Waals surface area contributed by atoms with Gasteiger partial charge >= 0.3 is 0 Å². The number of carbonyl (C=O) groups is 1. The summed E-state index contributed by atoms with van der Waals surface area (Å²) in [5.41, 5.74) is 3.90. The highest BCUT2D eigenvalue weighted by molar-refractivity contribution is 7.93. The van der Waals surface area contributed by atoms with Gasteiger partial charge < -0.3 is 44.7 Å². The van der Waals surface area contributed by atoms with Crippen LogP contribution in [-0.2, 0) is 54.0 Å². The molecule has 1 saturated carbocycles. The largest absolute Gasteiger partial charge is 0.505 e. The Balaban J connectivity index is 0.000000238. The minimum absolute atomic E-state index is 0.00319. The summed E-state index contributed by atoms with van der Waals surface area (Å²) in [7, 11) is -9.44. The number of nitrogens with zero attached hydrogens (tertiary/aromatic N) is 6. The van der Waals surface area contributed by atoms with E-state index in [0.717, 1.165) is 58.8 Å². The maximum Gasteiger partial charge on any atom is 0.274 e. The van der Waals surface area contributed by atoms with Crippen molar-refractivity contribution >= 4 is 79.8 Å². The van der Waals surface area contributed by atoms with E-state index >= 15 is 0 Å². The maximum atomic E-state index is 12.5. The number of sulfonamides is 3. The summed E-state index contributed by atoms with van der Waals surface area (Å²) in [5.74, 6) is 0.159. The lowest BCUT2D eigenvalue weighted by Crippen LogP contribution is -2.37. The van der Waals surface area contributed by atoms with Gasteiger partial charge in [-0.25, -0.2) is 33.7 Å². The molecule has 6 aromatic rings. The smallest absolute Gasteiger partial charge is 0.274 e. The number of aliphatic hydroxyl groups excluding tert-OH is 1. The first-order valence-corrected chi connectivity index (χ1v) is 38.2. The van der Waals surface area contributed by atoms with Crippen LogP contribution in [0.15, 0.2) is 81.4 Å². The Bertz CT molecular complexity index is 3760. The van der Waals surface area contributed by atoms with E-state index in [1.807, 2.05) is 89.3 Å². The Kier molecular flexibility index (Phi) is 27.5. The van der Waals surface area contributed by atoms with Crippen LogP contribution in [0.25, 0.3) is 0 Å². The second-order valence-electron chi connectivity index (χ2n) is 23.2. The molecule has 500 valence electrons. The number of benzene rings is 1. The molecule has 6 N–H and O–H groups in total. The van der Waals surface area contributed by atoms with Crippen LogP contribution in [0, 0.1) is 0 Å². The fourth-order valence-electron chi connectivity index (χ4n) is 9.72. The second-order valence-corrected chi connectivity index (χ2v) is 34.1. The van der Waals surface area contributed by atoms with Crippen LogP contribution in [-0.4, -0.2) is 156 Å². The Morgan fingerprint density at radius 3 is 1.39 bits per heavy atom. The second kappa shape index (κ2) is 32.0. The number of aromatic hydroxyl groups is 5. The fraction of sp³-hybridized carbons (Fsp3) is 0.557. The highest BCUT2D eigenvalue weighted by Crippen LogP contribution is 2.44. The van der Waals surface area contributed by atoms with E-state index in [-0.39, 0.29) is 105 Å². The van der Waals surface area contributed by atoms with Gasteiger partial charge in [-0.1, -0.05) is 101 Å². The third-order valence-corrected chi connectivity index (χ3v) is 27.6. The number of hydrogen-bond donors (Lipinski definition) is 6. The van der Waals surface area contributed by atoms with Crippen molar-refractivity contribution in [3.63, 3.8) is 0 Å². The molecule has 6 heterocycles. The Morgan fingerprint density at radius 1 is 0.562 bits per heavy atom. The fourth-order valence-corrected chi connectivity index (χ4v) is 20.6. The number of sulfone groups is 1. The molecular formula is C61H94N6O15S7. The average Bonchev–Trinajstić information content (AvgIpc) is 3.96. The molecule has 2 fully saturated rings. The number of hydrogen-bond acceptors (Lipinski definition) is 18. The molecular weight excluding hydrogens is 1280 g/mol. The van der Waals surface area contributed by atoms with E-state index in [2.05, 4.69) is 0 Å². The van der Waals surface area contributed by atoms with Crippen molar-refractivity contribution in [2.75, 3.05) is 46.4 Å². The summed E-state index contributed by atoms with van der Waals surface area (Å²) in [6, 6.07) is 7.90. The van der Waals surface area contributed by atoms with Gasteiger partial charge in [0.25, 0.3) is 36.0 Å². The summed E-state index contributed by atoms with van der Waals surface area (Å²) in [6.45, 7) is 29.1. The van der Waals surface area contributed by atoms with Gasteiger partial charge in [0.1, 0.15) is 28.7 Å². The molecule has 1 aliphatic heterocycles. The van der Waals surface area contributed by atoms with Crippen LogP contribution in [0.1, 0.15) is 191 Å². The molecule has 1 amide bonds. The van der Waals surface area contributed by atoms with Crippen molar-refractivity contribution in [2.45, 2.75) is 187 Å². The monoisotopic (exact) mass is 1370 g/mol. The van der Waals surface area contributed by atoms with Gasteiger partial charge in [-0.15, -0.1) is 34.0 Å². The number of amides is 1. The highest BCUT2D eigenvalue weighted by Gasteiger charge is 2.40. The number of carbonyl (C=O) groups excluding carboxylic acids is 1. The van der Waals surface area contributed by atoms with E-state index in [1.54, 1.807) is 85.0 Å². The Hall–Kier alpha value is -5.01. The quantitative estimate of drug-likeness (QED) is 0.0414. The van der Waals surface area contributed by atoms with Crippen molar-refractivity contribution in [3.8, 4) is 28.7 Å². The molecule has 1 atom stereocenters. The Morgan fingerprint density at radius 2 is 0.989 bits per heavy atom. The first-order valence-electron chi connectivity index (χ1n) is 29.8. The topological polar surface area (TPSA) is 298 Å². The van der Waals surface area contributed by atoms with E-state index in [4.69, 9.17) is 0 Å². The van der Waals surface area contributed by atoms with Crippen molar-refractivity contribution in [2.24, 2.45) is 14.1 Å². The van der Waals surface area contributed by atoms with Crippen molar-refractivity contribution in [1.82, 2.24) is 26.9 Å². The molecule has 8 rings (SSSR count). The molecule has 5 aromatic heterocycles. The molecule has 0 bridgehead atoms. The predicted octanol–water partition coefficient (Wildman–Crippen LogP) is 11.7. The van der Waals surface area contributed by atoms with Crippen molar-refractivity contribution in [1.29, 1.82) is 0 Å². The van der Waals surface area contributed by atoms with E-state index < -0.39 is 39.9 Å². The lowest BCUT2D eigenvalue weighted by Gasteiger charge is -2.21. The predicted molar refractivity (Wildman–Crippen MR) is 354 cm³/mol. The van der Waals surface area contributed by atoms with Gasteiger partial charge in [0.05, 0.1) is 11.5 Å². The summed E-state index contributed by atoms with van der Waals surface area (Å²) >= 11 is 3.22. The summed E-state index contributed by atoms with van der Waals surface area (Å²) < 4.78 is 106. The highest BCUT2D eigenvalue weighted by atomic mass is 32.3. The maximum absolute atomic E-state index is 12.5. The van der Waals surface area contributed by atoms with Crippen LogP contribution < -0.4 is 0 Å². The van der Waals surface area contributed by atoms with Crippen LogP contribution >= 0.6 is 34.0 Å². The van der Waals surface area contributed by atoms with Gasteiger partial charge in [-0.05, 0) is 97.4 Å². The number of rotatable bonds is 20. The van der Waals surface area contributed by atoms with Crippen molar-refractivity contribution in [3.05, 3.63) is 92.4 Å². The van der Waals surface area contributed by atoms with E-state index in [1.165, 1.54) is 29.6 Å². The van der Waals surface area contributed by atoms with Crippen molar-refractivity contribution < 1.29 is 69.1 Å². The molecule has 1 aliphatic carbocycles. The zero-order valence-electron chi connectivity index (χ0n) is 54.3. The molecule has 1 saturated heterocycles. The van der Waals surface area contributed by atoms with E-state index in [0.29, 0.717) is 67.1 Å². The SMILES string of the molecule is CC(C)c1csc(S(=O)(=O)N(C)C2CC2)c1O.CC(C)c1csc(S(=O)(=O)N2CCC[C@@H]2CO)c1O.CC(C)c1csc(S(=O)(=O)c2ccccc2)c1O.CCN(CC)C(=O)c1c(O)c(C(C)C)cn1C.CCN(CC)S(=O)(=O)c1c(O)c(C(C)C)cn1C. The van der Waals surface area contributed by atoms with Gasteiger partial charge in [-0.3, -0.25) is 4.79 Å². The average molecular weight is 1380 g/mol.